The topological polar surface area (TPSA) is 107 Å². The molecule has 0 spiro atoms. The highest BCUT2D eigenvalue weighted by molar-refractivity contribution is 5.92. The maximum absolute atomic E-state index is 12.5. The van der Waals surface area contributed by atoms with Crippen molar-refractivity contribution in [3.63, 3.8) is 0 Å². The number of ether oxygens (including phenoxy) is 2. The second kappa shape index (κ2) is 6.19. The molecule has 0 fully saturated rings. The van der Waals surface area contributed by atoms with E-state index < -0.39 is 11.9 Å². The summed E-state index contributed by atoms with van der Waals surface area (Å²) in [7, 11) is 0. The fourth-order valence-electron chi connectivity index (χ4n) is 2.79. The molecular weight excluding hydrogens is 310 g/mol. The number of nitrogens with one attached hydrogen (secondary N) is 1. The van der Waals surface area contributed by atoms with Crippen LogP contribution in [-0.4, -0.2) is 22.5 Å². The molecule has 0 amide bonds. The van der Waals surface area contributed by atoms with E-state index >= 15 is 0 Å². The van der Waals surface area contributed by atoms with Crippen LogP contribution in [0.25, 0.3) is 0 Å². The van der Waals surface area contributed by atoms with E-state index in [-0.39, 0.29) is 23.6 Å². The zero-order valence-electron chi connectivity index (χ0n) is 13.3. The molecule has 7 nitrogen and oxygen atoms in total. The van der Waals surface area contributed by atoms with Gasteiger partial charge in [0.05, 0.1) is 18.1 Å². The van der Waals surface area contributed by atoms with E-state index in [1.807, 2.05) is 0 Å². The highest BCUT2D eigenvalue weighted by Gasteiger charge is 2.37. The van der Waals surface area contributed by atoms with Crippen LogP contribution in [0.5, 0.6) is 5.75 Å². The quantitative estimate of drug-likeness (QED) is 0.824. The second-order valence-corrected chi connectivity index (χ2v) is 5.38. The first kappa shape index (κ1) is 15.8. The van der Waals surface area contributed by atoms with Crippen molar-refractivity contribution in [2.75, 3.05) is 6.61 Å². The number of hydrogen-bond acceptors (Lipinski definition) is 6. The van der Waals surface area contributed by atoms with Gasteiger partial charge in [0, 0.05) is 24.2 Å². The average Bonchev–Trinajstić information content (AvgIpc) is 2.54. The lowest BCUT2D eigenvalue weighted by Gasteiger charge is -2.27. The lowest BCUT2D eigenvalue weighted by molar-refractivity contribution is -0.139. The minimum absolute atomic E-state index is 0.0696. The number of carbonyl (C=O) groups is 1. The molecule has 0 saturated heterocycles. The van der Waals surface area contributed by atoms with Gasteiger partial charge in [0.1, 0.15) is 11.3 Å². The number of fused-ring (bicyclic) bond motifs is 1. The first-order valence-corrected chi connectivity index (χ1v) is 7.51. The fraction of sp³-hybridized carbons (Fsp3) is 0.235. The van der Waals surface area contributed by atoms with Crippen molar-refractivity contribution in [2.45, 2.75) is 19.8 Å². The SMILES string of the molecule is CCOC(=O)C1=C(N)Oc2cc(C)[nH]c(=O)c2[C@@H]1c1cccnc1. The molecule has 3 N–H and O–H groups in total. The van der Waals surface area contributed by atoms with Crippen LogP contribution in [0.15, 0.2) is 46.8 Å². The smallest absolute Gasteiger partial charge is 0.340 e. The van der Waals surface area contributed by atoms with Crippen molar-refractivity contribution < 1.29 is 14.3 Å². The lowest BCUT2D eigenvalue weighted by Crippen LogP contribution is -2.32. The molecule has 2 aromatic heterocycles. The van der Waals surface area contributed by atoms with Gasteiger partial charge in [0.2, 0.25) is 5.88 Å². The minimum atomic E-state index is -0.703. The maximum Gasteiger partial charge on any atom is 0.340 e. The third kappa shape index (κ3) is 2.64. The van der Waals surface area contributed by atoms with Gasteiger partial charge in [-0.05, 0) is 25.5 Å². The Labute approximate surface area is 138 Å². The Balaban J connectivity index is 2.26. The summed E-state index contributed by atoms with van der Waals surface area (Å²) in [5, 5.41) is 0. The summed E-state index contributed by atoms with van der Waals surface area (Å²) in [6.07, 6.45) is 3.20. The van der Waals surface area contributed by atoms with E-state index in [1.165, 1.54) is 0 Å². The molecule has 0 saturated carbocycles. The zero-order chi connectivity index (χ0) is 17.3. The standard InChI is InChI=1S/C17H17N3O4/c1-3-23-17(22)14-12(10-5-4-6-19-8-10)13-11(24-15(14)18)7-9(2)20-16(13)21/h4-8,12H,3,18H2,1-2H3,(H,20,21)/t12-/m0/s1. The van der Waals surface area contributed by atoms with Crippen LogP contribution in [0.1, 0.15) is 29.7 Å². The number of rotatable bonds is 3. The molecule has 0 bridgehead atoms. The van der Waals surface area contributed by atoms with E-state index in [4.69, 9.17) is 15.2 Å². The molecule has 0 aromatic carbocycles. The van der Waals surface area contributed by atoms with Crippen molar-refractivity contribution in [1.82, 2.24) is 9.97 Å². The Morgan fingerprint density at radius 1 is 1.50 bits per heavy atom. The summed E-state index contributed by atoms with van der Waals surface area (Å²) >= 11 is 0. The van der Waals surface area contributed by atoms with E-state index in [2.05, 4.69) is 9.97 Å². The van der Waals surface area contributed by atoms with E-state index in [0.717, 1.165) is 0 Å². The largest absolute Gasteiger partial charge is 0.462 e. The van der Waals surface area contributed by atoms with E-state index in [1.54, 1.807) is 44.4 Å². The Morgan fingerprint density at radius 3 is 2.96 bits per heavy atom. The van der Waals surface area contributed by atoms with Crippen LogP contribution in [0.3, 0.4) is 0 Å². The van der Waals surface area contributed by atoms with Gasteiger partial charge in [-0.1, -0.05) is 6.07 Å². The summed E-state index contributed by atoms with van der Waals surface area (Å²) in [6.45, 7) is 3.62. The molecule has 2 aromatic rings. The summed E-state index contributed by atoms with van der Waals surface area (Å²) in [5.74, 6) is -1.06. The molecule has 3 heterocycles. The van der Waals surface area contributed by atoms with Gasteiger partial charge in [-0.3, -0.25) is 9.78 Å². The van der Waals surface area contributed by atoms with Gasteiger partial charge >= 0.3 is 5.97 Å². The van der Waals surface area contributed by atoms with Crippen LogP contribution < -0.4 is 16.0 Å². The number of carbonyl (C=O) groups excluding carboxylic acids is 1. The second-order valence-electron chi connectivity index (χ2n) is 5.38. The summed E-state index contributed by atoms with van der Waals surface area (Å²) in [4.78, 5) is 31.7. The van der Waals surface area contributed by atoms with Crippen LogP contribution in [0.4, 0.5) is 0 Å². The van der Waals surface area contributed by atoms with E-state index in [0.29, 0.717) is 22.6 Å². The number of pyridine rings is 2. The number of nitrogens with zero attached hydrogens (tertiary/aromatic N) is 1. The number of hydrogen-bond donors (Lipinski definition) is 2. The molecule has 0 unspecified atom stereocenters. The third-order valence-electron chi connectivity index (χ3n) is 3.74. The molecule has 0 radical (unpaired) electrons. The number of esters is 1. The summed E-state index contributed by atoms with van der Waals surface area (Å²) in [6, 6.07) is 5.18. The highest BCUT2D eigenvalue weighted by atomic mass is 16.5. The molecule has 24 heavy (non-hydrogen) atoms. The van der Waals surface area contributed by atoms with Gasteiger partial charge in [0.25, 0.3) is 5.56 Å². The van der Waals surface area contributed by atoms with Gasteiger partial charge in [0.15, 0.2) is 0 Å². The zero-order valence-corrected chi connectivity index (χ0v) is 13.3. The Morgan fingerprint density at radius 2 is 2.29 bits per heavy atom. The lowest BCUT2D eigenvalue weighted by atomic mass is 9.84. The molecule has 0 aliphatic carbocycles. The van der Waals surface area contributed by atoms with Crippen molar-refractivity contribution in [3.05, 3.63) is 69.2 Å². The van der Waals surface area contributed by atoms with Crippen LogP contribution in [0, 0.1) is 6.92 Å². The first-order valence-electron chi connectivity index (χ1n) is 7.51. The molecule has 1 atom stereocenters. The van der Waals surface area contributed by atoms with Crippen molar-refractivity contribution >= 4 is 5.97 Å². The van der Waals surface area contributed by atoms with Crippen LogP contribution >= 0.6 is 0 Å². The monoisotopic (exact) mass is 327 g/mol. The predicted molar refractivity (Wildman–Crippen MR) is 86.4 cm³/mol. The van der Waals surface area contributed by atoms with Crippen molar-refractivity contribution in [3.8, 4) is 5.75 Å². The molecule has 1 aliphatic rings. The molecule has 3 rings (SSSR count). The maximum atomic E-state index is 12.5. The van der Waals surface area contributed by atoms with E-state index in [9.17, 15) is 9.59 Å². The minimum Gasteiger partial charge on any atom is -0.462 e. The highest BCUT2D eigenvalue weighted by Crippen LogP contribution is 2.40. The number of aryl methyl sites for hydroxylation is 1. The Hall–Kier alpha value is -3.09. The Kier molecular flexibility index (Phi) is 4.07. The molecular formula is C17H17N3O4. The number of aromatic nitrogens is 2. The third-order valence-corrected chi connectivity index (χ3v) is 3.74. The van der Waals surface area contributed by atoms with Crippen LogP contribution in [0.2, 0.25) is 0 Å². The van der Waals surface area contributed by atoms with Crippen molar-refractivity contribution in [1.29, 1.82) is 0 Å². The molecule has 1 aliphatic heterocycles. The number of nitrogens with two attached hydrogens (primary N) is 1. The van der Waals surface area contributed by atoms with Crippen molar-refractivity contribution in [2.24, 2.45) is 5.73 Å². The Bertz CT molecular complexity index is 871. The fourth-order valence-corrected chi connectivity index (χ4v) is 2.79. The van der Waals surface area contributed by atoms with Gasteiger partial charge in [-0.25, -0.2) is 4.79 Å². The van der Waals surface area contributed by atoms with Gasteiger partial charge in [-0.2, -0.15) is 0 Å². The first-order chi connectivity index (χ1) is 11.5. The summed E-state index contributed by atoms with van der Waals surface area (Å²) in [5.41, 5.74) is 7.34. The van der Waals surface area contributed by atoms with Gasteiger partial charge < -0.3 is 20.2 Å². The van der Waals surface area contributed by atoms with Gasteiger partial charge in [-0.15, -0.1) is 0 Å². The predicted octanol–water partition coefficient (Wildman–Crippen LogP) is 1.34. The van der Waals surface area contributed by atoms with Crippen LogP contribution in [-0.2, 0) is 9.53 Å². The normalized spacial score (nSPS) is 16.3. The molecule has 124 valence electrons. The number of H-pyrrole nitrogens is 1. The number of aromatic amines is 1. The summed E-state index contributed by atoms with van der Waals surface area (Å²) < 4.78 is 10.6. The average molecular weight is 327 g/mol. The molecule has 7 heteroatoms.